The molecule has 2 N–H and O–H groups in total. The summed E-state index contributed by atoms with van der Waals surface area (Å²) in [5.74, 6) is -3.60. The molecule has 0 aromatic heterocycles. The van der Waals surface area contributed by atoms with E-state index >= 15 is 0 Å². The third-order valence-corrected chi connectivity index (χ3v) is 3.92. The number of halogens is 2. The molecule has 0 spiro atoms. The molecular formula is C19H19F2NO4. The number of rotatable bonds is 7. The molecule has 0 aliphatic rings. The molecule has 138 valence electrons. The Hall–Kier alpha value is -2.96. The summed E-state index contributed by atoms with van der Waals surface area (Å²) in [5.41, 5.74) is 0.706. The third-order valence-electron chi connectivity index (χ3n) is 3.92. The van der Waals surface area contributed by atoms with E-state index in [2.05, 4.69) is 5.32 Å². The van der Waals surface area contributed by atoms with E-state index in [1.807, 2.05) is 0 Å². The number of hydrogen-bond donors (Lipinski definition) is 2. The minimum atomic E-state index is -1.40. The summed E-state index contributed by atoms with van der Waals surface area (Å²) in [7, 11) is 1.29. The van der Waals surface area contributed by atoms with E-state index in [0.717, 1.165) is 6.07 Å². The van der Waals surface area contributed by atoms with Crippen molar-refractivity contribution in [3.63, 3.8) is 0 Å². The van der Waals surface area contributed by atoms with Crippen LogP contribution < -0.4 is 10.1 Å². The Morgan fingerprint density at radius 1 is 1.19 bits per heavy atom. The second kappa shape index (κ2) is 8.42. The highest BCUT2D eigenvalue weighted by Gasteiger charge is 2.25. The molecule has 0 bridgehead atoms. The second-order valence-corrected chi connectivity index (χ2v) is 5.91. The van der Waals surface area contributed by atoms with E-state index in [1.54, 1.807) is 13.0 Å². The van der Waals surface area contributed by atoms with Gasteiger partial charge in [-0.2, -0.15) is 0 Å². The fraction of sp³-hybridized carbons (Fsp3) is 0.263. The predicted molar refractivity (Wildman–Crippen MR) is 90.7 cm³/mol. The molecule has 2 aromatic carbocycles. The van der Waals surface area contributed by atoms with Gasteiger partial charge in [-0.3, -0.25) is 4.79 Å². The Balaban J connectivity index is 2.12. The van der Waals surface area contributed by atoms with E-state index in [9.17, 15) is 23.5 Å². The number of ether oxygens (including phenoxy) is 1. The van der Waals surface area contributed by atoms with E-state index in [-0.39, 0.29) is 17.7 Å². The number of methoxy groups -OCH3 is 1. The number of carbonyl (C=O) groups excluding carboxylic acids is 1. The van der Waals surface area contributed by atoms with Gasteiger partial charge in [0.05, 0.1) is 7.11 Å². The number of aliphatic carboxylic acids is 1. The van der Waals surface area contributed by atoms with Crippen LogP contribution >= 0.6 is 0 Å². The van der Waals surface area contributed by atoms with Crippen LogP contribution in [0.3, 0.4) is 0 Å². The highest BCUT2D eigenvalue weighted by molar-refractivity contribution is 5.85. The molecule has 0 heterocycles. The first-order chi connectivity index (χ1) is 12.3. The Kier molecular flexibility index (Phi) is 6.27. The monoisotopic (exact) mass is 363 g/mol. The zero-order valence-electron chi connectivity index (χ0n) is 14.3. The summed E-state index contributed by atoms with van der Waals surface area (Å²) in [6, 6.07) is 8.11. The topological polar surface area (TPSA) is 75.6 Å². The molecule has 0 aliphatic heterocycles. The van der Waals surface area contributed by atoms with Crippen LogP contribution in [0.25, 0.3) is 0 Å². The van der Waals surface area contributed by atoms with Gasteiger partial charge in [-0.15, -0.1) is 0 Å². The average molecular weight is 363 g/mol. The number of carboxylic acid groups (broad SMARTS) is 1. The fourth-order valence-corrected chi connectivity index (χ4v) is 2.54. The molecule has 2 aromatic rings. The summed E-state index contributed by atoms with van der Waals surface area (Å²) in [4.78, 5) is 23.9. The van der Waals surface area contributed by atoms with Crippen LogP contribution in [0.2, 0.25) is 0 Å². The highest BCUT2D eigenvalue weighted by atomic mass is 19.1. The SMILES string of the molecule is COc1ccc(C(NC(=O)C(C)Cc2cccc(F)c2)C(=O)O)cc1F. The zero-order valence-corrected chi connectivity index (χ0v) is 14.3. The lowest BCUT2D eigenvalue weighted by Gasteiger charge is -2.19. The molecule has 26 heavy (non-hydrogen) atoms. The van der Waals surface area contributed by atoms with E-state index in [4.69, 9.17) is 4.74 Å². The van der Waals surface area contributed by atoms with Crippen molar-refractivity contribution in [2.45, 2.75) is 19.4 Å². The summed E-state index contributed by atoms with van der Waals surface area (Å²) in [5, 5.41) is 11.8. The maximum absolute atomic E-state index is 13.8. The number of amides is 1. The van der Waals surface area contributed by atoms with Crippen LogP contribution in [0.1, 0.15) is 24.1 Å². The van der Waals surface area contributed by atoms with Gasteiger partial charge in [-0.25, -0.2) is 13.6 Å². The summed E-state index contributed by atoms with van der Waals surface area (Å²) in [6.07, 6.45) is 0.243. The van der Waals surface area contributed by atoms with Gasteiger partial charge in [0.25, 0.3) is 0 Å². The van der Waals surface area contributed by atoms with Crippen LogP contribution in [0.4, 0.5) is 8.78 Å². The zero-order chi connectivity index (χ0) is 19.3. The van der Waals surface area contributed by atoms with Crippen molar-refractivity contribution in [1.29, 1.82) is 0 Å². The minimum absolute atomic E-state index is 0.0244. The molecule has 0 saturated heterocycles. The van der Waals surface area contributed by atoms with E-state index < -0.39 is 35.5 Å². The maximum atomic E-state index is 13.8. The standard InChI is InChI=1S/C19H19F2NO4/c1-11(8-12-4-3-5-14(20)9-12)18(23)22-17(19(24)25)13-6-7-16(26-2)15(21)10-13/h3-7,9-11,17H,8H2,1-2H3,(H,22,23)(H,24,25). The van der Waals surface area contributed by atoms with Crippen molar-refractivity contribution in [1.82, 2.24) is 5.32 Å². The molecule has 2 unspecified atom stereocenters. The van der Waals surface area contributed by atoms with Gasteiger partial charge in [0.1, 0.15) is 5.82 Å². The van der Waals surface area contributed by atoms with Crippen molar-refractivity contribution in [3.8, 4) is 5.75 Å². The number of benzene rings is 2. The number of hydrogen-bond acceptors (Lipinski definition) is 3. The van der Waals surface area contributed by atoms with Gasteiger partial charge >= 0.3 is 5.97 Å². The highest BCUT2D eigenvalue weighted by Crippen LogP contribution is 2.23. The van der Waals surface area contributed by atoms with Crippen LogP contribution in [-0.2, 0) is 16.0 Å². The largest absolute Gasteiger partial charge is 0.494 e. The molecular weight excluding hydrogens is 344 g/mol. The van der Waals surface area contributed by atoms with Gasteiger partial charge < -0.3 is 15.2 Å². The lowest BCUT2D eigenvalue weighted by atomic mass is 9.99. The van der Waals surface area contributed by atoms with E-state index in [0.29, 0.717) is 5.56 Å². The molecule has 0 aliphatic carbocycles. The maximum Gasteiger partial charge on any atom is 0.330 e. The first-order valence-electron chi connectivity index (χ1n) is 7.93. The number of carbonyl (C=O) groups is 2. The molecule has 2 atom stereocenters. The minimum Gasteiger partial charge on any atom is -0.494 e. The molecule has 7 heteroatoms. The summed E-state index contributed by atoms with van der Waals surface area (Å²) < 4.78 is 31.9. The molecule has 2 rings (SSSR count). The molecule has 0 radical (unpaired) electrons. The van der Waals surface area contributed by atoms with E-state index in [1.165, 1.54) is 37.4 Å². The predicted octanol–water partition coefficient (Wildman–Crippen LogP) is 3.09. The smallest absolute Gasteiger partial charge is 0.330 e. The van der Waals surface area contributed by atoms with Gasteiger partial charge in [-0.1, -0.05) is 25.1 Å². The normalized spacial score (nSPS) is 12.9. The average Bonchev–Trinajstić information content (AvgIpc) is 2.59. The summed E-state index contributed by atoms with van der Waals surface area (Å²) in [6.45, 7) is 1.60. The number of carboxylic acids is 1. The molecule has 1 amide bonds. The van der Waals surface area contributed by atoms with Crippen molar-refractivity contribution < 1.29 is 28.2 Å². The molecule has 5 nitrogen and oxygen atoms in total. The molecule has 0 saturated carbocycles. The van der Waals surface area contributed by atoms with Gasteiger partial charge in [-0.05, 0) is 41.8 Å². The fourth-order valence-electron chi connectivity index (χ4n) is 2.54. The summed E-state index contributed by atoms with van der Waals surface area (Å²) >= 11 is 0. The Bertz CT molecular complexity index is 810. The number of nitrogens with one attached hydrogen (secondary N) is 1. The Morgan fingerprint density at radius 2 is 1.92 bits per heavy atom. The van der Waals surface area contributed by atoms with Crippen molar-refractivity contribution in [2.75, 3.05) is 7.11 Å². The van der Waals surface area contributed by atoms with Crippen LogP contribution in [-0.4, -0.2) is 24.1 Å². The van der Waals surface area contributed by atoms with Crippen LogP contribution in [0, 0.1) is 17.6 Å². The van der Waals surface area contributed by atoms with Crippen molar-refractivity contribution >= 4 is 11.9 Å². The van der Waals surface area contributed by atoms with Gasteiger partial charge in [0.15, 0.2) is 17.6 Å². The third kappa shape index (κ3) is 4.78. The van der Waals surface area contributed by atoms with Gasteiger partial charge in [0, 0.05) is 5.92 Å². The lowest BCUT2D eigenvalue weighted by molar-refractivity contribution is -0.142. The Morgan fingerprint density at radius 3 is 2.50 bits per heavy atom. The van der Waals surface area contributed by atoms with Crippen LogP contribution in [0.15, 0.2) is 42.5 Å². The van der Waals surface area contributed by atoms with Crippen LogP contribution in [0.5, 0.6) is 5.75 Å². The molecule has 0 fully saturated rings. The van der Waals surface area contributed by atoms with Crippen molar-refractivity contribution in [3.05, 3.63) is 65.2 Å². The first-order valence-corrected chi connectivity index (χ1v) is 7.93. The van der Waals surface area contributed by atoms with Crippen molar-refractivity contribution in [2.24, 2.45) is 5.92 Å². The first kappa shape index (κ1) is 19.4. The lowest BCUT2D eigenvalue weighted by Crippen LogP contribution is -2.37. The quantitative estimate of drug-likeness (QED) is 0.793. The Labute approximate surface area is 149 Å². The second-order valence-electron chi connectivity index (χ2n) is 5.91. The van der Waals surface area contributed by atoms with Gasteiger partial charge in [0.2, 0.25) is 5.91 Å².